The summed E-state index contributed by atoms with van der Waals surface area (Å²) in [6.07, 6.45) is 5.33. The first-order chi connectivity index (χ1) is 18.8. The normalized spacial score (nSPS) is 11.5. The van der Waals surface area contributed by atoms with Gasteiger partial charge in [-0.05, 0) is 61.6 Å². The number of ether oxygens (including phenoxy) is 3. The predicted molar refractivity (Wildman–Crippen MR) is 153 cm³/mol. The van der Waals surface area contributed by atoms with E-state index in [1.54, 1.807) is 30.3 Å². The summed E-state index contributed by atoms with van der Waals surface area (Å²) in [5, 5.41) is 0.450. The molecule has 0 aromatic heterocycles. The van der Waals surface area contributed by atoms with Crippen LogP contribution in [0.5, 0.6) is 5.75 Å². The Hall–Kier alpha value is -3.06. The number of esters is 2. The molecule has 0 saturated carbocycles. The van der Waals surface area contributed by atoms with Crippen molar-refractivity contribution in [1.82, 2.24) is 4.90 Å². The second kappa shape index (κ2) is 17.5. The third-order valence-corrected chi connectivity index (χ3v) is 6.61. The Balaban J connectivity index is 2.23. The van der Waals surface area contributed by atoms with Gasteiger partial charge in [-0.15, -0.1) is 0 Å². The van der Waals surface area contributed by atoms with Crippen LogP contribution in [0.3, 0.4) is 0 Å². The van der Waals surface area contributed by atoms with Crippen molar-refractivity contribution < 1.29 is 28.6 Å². The van der Waals surface area contributed by atoms with E-state index in [1.165, 1.54) is 4.90 Å². The van der Waals surface area contributed by atoms with E-state index < -0.39 is 18.0 Å². The van der Waals surface area contributed by atoms with Crippen LogP contribution in [0.25, 0.3) is 0 Å². The highest BCUT2D eigenvalue weighted by atomic mass is 35.5. The van der Waals surface area contributed by atoms with Gasteiger partial charge in [0.15, 0.2) is 0 Å². The lowest BCUT2D eigenvalue weighted by Gasteiger charge is -2.30. The van der Waals surface area contributed by atoms with Gasteiger partial charge in [0.25, 0.3) is 0 Å². The minimum absolute atomic E-state index is 0.00150. The summed E-state index contributed by atoms with van der Waals surface area (Å²) in [4.78, 5) is 40.1. The molecule has 0 aliphatic carbocycles. The Morgan fingerprint density at radius 3 is 2.21 bits per heavy atom. The molecule has 0 N–H and O–H groups in total. The Labute approximate surface area is 237 Å². The van der Waals surface area contributed by atoms with Gasteiger partial charge in [-0.1, -0.05) is 69.8 Å². The van der Waals surface area contributed by atoms with E-state index in [1.807, 2.05) is 32.9 Å². The van der Waals surface area contributed by atoms with Crippen LogP contribution in [0, 0.1) is 0 Å². The third kappa shape index (κ3) is 10.9. The highest BCUT2D eigenvalue weighted by Crippen LogP contribution is 2.31. The van der Waals surface area contributed by atoms with Crippen molar-refractivity contribution >= 4 is 29.4 Å². The van der Waals surface area contributed by atoms with Crippen LogP contribution in [0.4, 0.5) is 0 Å². The predicted octanol–water partition coefficient (Wildman–Crippen LogP) is 6.95. The van der Waals surface area contributed by atoms with Crippen molar-refractivity contribution in [2.24, 2.45) is 0 Å². The average molecular weight is 560 g/mol. The van der Waals surface area contributed by atoms with Crippen LogP contribution >= 0.6 is 11.6 Å². The average Bonchev–Trinajstić information content (AvgIpc) is 2.92. The SMILES string of the molecule is CCCCOC(=O)CN(C(=O)Cc1cccc(C(=O)OCCCC)c1)C(C)c1ccc(OCCCC)cc1Cl. The highest BCUT2D eigenvalue weighted by molar-refractivity contribution is 6.31. The number of halogens is 1. The molecular formula is C31H42ClNO6. The molecule has 1 amide bonds. The number of rotatable bonds is 17. The van der Waals surface area contributed by atoms with Crippen LogP contribution in [0.2, 0.25) is 5.02 Å². The quantitative estimate of drug-likeness (QED) is 0.154. The summed E-state index contributed by atoms with van der Waals surface area (Å²) in [6, 6.07) is 11.7. The third-order valence-electron chi connectivity index (χ3n) is 6.29. The van der Waals surface area contributed by atoms with Gasteiger partial charge in [-0.25, -0.2) is 4.79 Å². The van der Waals surface area contributed by atoms with Crippen molar-refractivity contribution in [1.29, 1.82) is 0 Å². The van der Waals surface area contributed by atoms with Crippen LogP contribution < -0.4 is 4.74 Å². The van der Waals surface area contributed by atoms with Gasteiger partial charge in [-0.3, -0.25) is 9.59 Å². The standard InChI is InChI=1S/C31H42ClNO6/c1-5-8-16-37-26-14-15-27(28(32)21-26)23(4)33(22-30(35)38-17-9-6-2)29(34)20-24-12-11-13-25(19-24)31(36)39-18-10-7-3/h11-15,19,21,23H,5-10,16-18,20,22H2,1-4H3. The number of hydrogen-bond acceptors (Lipinski definition) is 6. The second-order valence-electron chi connectivity index (χ2n) is 9.52. The van der Waals surface area contributed by atoms with Gasteiger partial charge in [0.1, 0.15) is 12.3 Å². The zero-order chi connectivity index (χ0) is 28.6. The molecule has 8 heteroatoms. The number of amides is 1. The fourth-order valence-electron chi connectivity index (χ4n) is 3.87. The van der Waals surface area contributed by atoms with Gasteiger partial charge < -0.3 is 19.1 Å². The summed E-state index contributed by atoms with van der Waals surface area (Å²) in [7, 11) is 0. The Kier molecular flexibility index (Phi) is 14.4. The van der Waals surface area contributed by atoms with Crippen molar-refractivity contribution in [3.63, 3.8) is 0 Å². The highest BCUT2D eigenvalue weighted by Gasteiger charge is 2.27. The molecule has 0 saturated heterocycles. The molecule has 0 bridgehead atoms. The van der Waals surface area contributed by atoms with Crippen LogP contribution in [-0.2, 0) is 25.5 Å². The summed E-state index contributed by atoms with van der Waals surface area (Å²) in [5.74, 6) is -0.530. The molecule has 0 aliphatic rings. The second-order valence-corrected chi connectivity index (χ2v) is 9.93. The number of hydrogen-bond donors (Lipinski definition) is 0. The topological polar surface area (TPSA) is 82.1 Å². The van der Waals surface area contributed by atoms with E-state index in [0.717, 1.165) is 38.5 Å². The molecule has 7 nitrogen and oxygen atoms in total. The lowest BCUT2D eigenvalue weighted by Crippen LogP contribution is -2.39. The Morgan fingerprint density at radius 1 is 0.872 bits per heavy atom. The van der Waals surface area contributed by atoms with Gasteiger partial charge >= 0.3 is 11.9 Å². The molecule has 0 aliphatic heterocycles. The summed E-state index contributed by atoms with van der Waals surface area (Å²) >= 11 is 6.61. The smallest absolute Gasteiger partial charge is 0.338 e. The molecule has 214 valence electrons. The molecule has 1 unspecified atom stereocenters. The molecule has 0 radical (unpaired) electrons. The van der Waals surface area contributed by atoms with Crippen molar-refractivity contribution in [2.45, 2.75) is 78.7 Å². The fourth-order valence-corrected chi connectivity index (χ4v) is 4.20. The lowest BCUT2D eigenvalue weighted by atomic mass is 10.0. The Bertz CT molecular complexity index is 1070. The maximum absolute atomic E-state index is 13.6. The monoisotopic (exact) mass is 559 g/mol. The first-order valence-corrected chi connectivity index (χ1v) is 14.3. The summed E-state index contributed by atoms with van der Waals surface area (Å²) in [6.45, 7) is 9.00. The van der Waals surface area contributed by atoms with Crippen LogP contribution in [-0.4, -0.2) is 49.1 Å². The van der Waals surface area contributed by atoms with Gasteiger partial charge in [0.05, 0.1) is 37.8 Å². The minimum Gasteiger partial charge on any atom is -0.494 e. The summed E-state index contributed by atoms with van der Waals surface area (Å²) < 4.78 is 16.4. The molecule has 2 rings (SSSR count). The largest absolute Gasteiger partial charge is 0.494 e. The Morgan fingerprint density at radius 2 is 1.54 bits per heavy atom. The first kappa shape index (κ1) is 32.2. The molecule has 0 heterocycles. The lowest BCUT2D eigenvalue weighted by molar-refractivity contribution is -0.150. The maximum atomic E-state index is 13.6. The molecule has 2 aromatic rings. The number of unbranched alkanes of at least 4 members (excludes halogenated alkanes) is 3. The zero-order valence-corrected chi connectivity index (χ0v) is 24.4. The van der Waals surface area contributed by atoms with Gasteiger partial charge in [-0.2, -0.15) is 0 Å². The zero-order valence-electron chi connectivity index (χ0n) is 23.7. The molecule has 2 aromatic carbocycles. The van der Waals surface area contributed by atoms with Crippen molar-refractivity contribution in [3.05, 3.63) is 64.2 Å². The molecule has 0 fully saturated rings. The van der Waals surface area contributed by atoms with E-state index >= 15 is 0 Å². The van der Waals surface area contributed by atoms with E-state index in [-0.39, 0.29) is 18.9 Å². The van der Waals surface area contributed by atoms with Crippen LogP contribution in [0.1, 0.15) is 93.7 Å². The number of carbonyl (C=O) groups excluding carboxylic acids is 3. The number of nitrogens with zero attached hydrogens (tertiary/aromatic N) is 1. The van der Waals surface area contributed by atoms with Crippen molar-refractivity contribution in [2.75, 3.05) is 26.4 Å². The summed E-state index contributed by atoms with van der Waals surface area (Å²) in [5.41, 5.74) is 1.73. The first-order valence-electron chi connectivity index (χ1n) is 13.9. The van der Waals surface area contributed by atoms with Crippen LogP contribution in [0.15, 0.2) is 42.5 Å². The van der Waals surface area contributed by atoms with E-state index in [2.05, 4.69) is 6.92 Å². The molecular weight excluding hydrogens is 518 g/mol. The molecule has 1 atom stereocenters. The fraction of sp³-hybridized carbons (Fsp3) is 0.516. The van der Waals surface area contributed by atoms with E-state index in [4.69, 9.17) is 25.8 Å². The number of benzene rings is 2. The maximum Gasteiger partial charge on any atom is 0.338 e. The number of carbonyl (C=O) groups is 3. The van der Waals surface area contributed by atoms with E-state index in [9.17, 15) is 14.4 Å². The molecule has 39 heavy (non-hydrogen) atoms. The van der Waals surface area contributed by atoms with E-state index in [0.29, 0.717) is 47.3 Å². The van der Waals surface area contributed by atoms with Gasteiger partial charge in [0.2, 0.25) is 5.91 Å². The van der Waals surface area contributed by atoms with Crippen molar-refractivity contribution in [3.8, 4) is 5.75 Å². The van der Waals surface area contributed by atoms with Gasteiger partial charge in [0, 0.05) is 5.02 Å². The minimum atomic E-state index is -0.504. The molecule has 0 spiro atoms.